The van der Waals surface area contributed by atoms with Crippen molar-refractivity contribution >= 4 is 11.7 Å². The second-order valence-electron chi connectivity index (χ2n) is 9.02. The first-order valence-corrected chi connectivity index (χ1v) is 12.5. The lowest BCUT2D eigenvalue weighted by molar-refractivity contribution is -0.136. The zero-order valence-corrected chi connectivity index (χ0v) is 22.8. The van der Waals surface area contributed by atoms with E-state index in [9.17, 15) is 15.0 Å². The van der Waals surface area contributed by atoms with Gasteiger partial charge in [0, 0.05) is 41.9 Å². The molecule has 0 bridgehead atoms. The van der Waals surface area contributed by atoms with Gasteiger partial charge in [0.25, 0.3) is 0 Å². The predicted octanol–water partition coefficient (Wildman–Crippen LogP) is 1.92. The van der Waals surface area contributed by atoms with Gasteiger partial charge in [-0.05, 0) is 42.3 Å². The highest BCUT2D eigenvalue weighted by atomic mass is 16.5. The molecule has 2 aromatic carbocycles. The maximum Gasteiger partial charge on any atom is 0.307 e. The molecule has 1 unspecified atom stereocenters. The number of aromatic amines is 1. The van der Waals surface area contributed by atoms with Crippen LogP contribution in [0.1, 0.15) is 40.3 Å². The largest absolute Gasteiger partial charge is 0.508 e. The Balaban J connectivity index is 1.89. The van der Waals surface area contributed by atoms with Gasteiger partial charge in [-0.2, -0.15) is 0 Å². The van der Waals surface area contributed by atoms with Crippen molar-refractivity contribution in [1.82, 2.24) is 25.1 Å². The van der Waals surface area contributed by atoms with Crippen molar-refractivity contribution in [1.29, 1.82) is 0 Å². The van der Waals surface area contributed by atoms with E-state index >= 15 is 0 Å². The van der Waals surface area contributed by atoms with Crippen LogP contribution in [0.15, 0.2) is 42.7 Å². The molecule has 2 heterocycles. The number of aliphatic carboxylic acids is 1. The molecule has 0 aliphatic heterocycles. The number of rotatable bonds is 13. The maximum atomic E-state index is 11.5. The topological polar surface area (TPSA) is 217 Å². The Morgan fingerprint density at radius 3 is 2.44 bits per heavy atom. The lowest BCUT2D eigenvalue weighted by Crippen LogP contribution is -2.24. The van der Waals surface area contributed by atoms with Crippen LogP contribution in [-0.4, -0.2) is 69.3 Å². The lowest BCUT2D eigenvalue weighted by Gasteiger charge is -2.24. The molecule has 0 amide bonds. The average Bonchev–Trinajstić information content (AvgIpc) is 3.45. The molecule has 41 heavy (non-hydrogen) atoms. The van der Waals surface area contributed by atoms with E-state index in [2.05, 4.69) is 30.5 Å². The third-order valence-electron chi connectivity index (χ3n) is 6.28. The van der Waals surface area contributed by atoms with Crippen molar-refractivity contribution in [2.45, 2.75) is 25.0 Å². The van der Waals surface area contributed by atoms with Crippen LogP contribution in [0.25, 0.3) is 11.6 Å². The highest BCUT2D eigenvalue weighted by Crippen LogP contribution is 2.39. The van der Waals surface area contributed by atoms with Gasteiger partial charge < -0.3 is 41.2 Å². The third-order valence-corrected chi connectivity index (χ3v) is 6.28. The van der Waals surface area contributed by atoms with Crippen LogP contribution in [0.5, 0.6) is 17.2 Å². The Labute approximate surface area is 235 Å². The summed E-state index contributed by atoms with van der Waals surface area (Å²) < 4.78 is 16.6. The molecule has 0 saturated carbocycles. The van der Waals surface area contributed by atoms with Crippen molar-refractivity contribution in [2.24, 2.45) is 11.5 Å². The first kappa shape index (κ1) is 29.2. The standard InChI is InChI=1S/C27H32N8O6/c1-39-8-5-14-9-16(11-20(40-2)23(14)41-3)22(25-33-27(35-34-25)26-30-6-4-7-31-26)32-18-10-15(12-21(37)38)19(36)13-17(18)24(28)29/h4,6-7,9-11,13,22,24,32,36H,5,8,12,28-29H2,1-3H3,(H,37,38)(H,33,34,35). The van der Waals surface area contributed by atoms with Crippen molar-refractivity contribution in [3.05, 3.63) is 70.8 Å². The number of ether oxygens (including phenoxy) is 3. The Bertz CT molecular complexity index is 1490. The van der Waals surface area contributed by atoms with Gasteiger partial charge in [-0.3, -0.25) is 9.89 Å². The fourth-order valence-corrected chi connectivity index (χ4v) is 4.37. The number of nitrogens with two attached hydrogens (primary N) is 2. The Kier molecular flexibility index (Phi) is 9.29. The molecule has 0 fully saturated rings. The number of nitrogens with one attached hydrogen (secondary N) is 2. The number of phenolic OH excluding ortho intramolecular Hbond substituents is 1. The molecule has 0 spiro atoms. The van der Waals surface area contributed by atoms with Gasteiger partial charge in [0.1, 0.15) is 11.8 Å². The molecule has 0 aliphatic rings. The van der Waals surface area contributed by atoms with Gasteiger partial charge in [-0.25, -0.2) is 15.0 Å². The SMILES string of the molecule is COCCc1cc(C(Nc2cc(CC(=O)O)c(O)cc2C(N)N)c2nc(-c3ncccn3)n[nH]2)cc(OC)c1OC. The van der Waals surface area contributed by atoms with Gasteiger partial charge in [-0.15, -0.1) is 5.10 Å². The fourth-order valence-electron chi connectivity index (χ4n) is 4.37. The summed E-state index contributed by atoms with van der Waals surface area (Å²) in [6.45, 7) is 0.432. The van der Waals surface area contributed by atoms with Crippen LogP contribution >= 0.6 is 0 Å². The first-order chi connectivity index (χ1) is 19.7. The second-order valence-corrected chi connectivity index (χ2v) is 9.02. The fraction of sp³-hybridized carbons (Fsp3) is 0.296. The summed E-state index contributed by atoms with van der Waals surface area (Å²) in [5, 5.41) is 30.5. The summed E-state index contributed by atoms with van der Waals surface area (Å²) >= 11 is 0. The van der Waals surface area contributed by atoms with Crippen molar-refractivity contribution in [2.75, 3.05) is 33.3 Å². The molecule has 4 aromatic rings. The number of methoxy groups -OCH3 is 3. The number of benzene rings is 2. The monoisotopic (exact) mass is 564 g/mol. The van der Waals surface area contributed by atoms with Crippen LogP contribution in [0.4, 0.5) is 5.69 Å². The summed E-state index contributed by atoms with van der Waals surface area (Å²) in [7, 11) is 4.70. The number of carboxylic acid groups (broad SMARTS) is 1. The number of hydrogen-bond acceptors (Lipinski definition) is 12. The molecule has 1 atom stereocenters. The molecule has 14 heteroatoms. The van der Waals surface area contributed by atoms with Crippen LogP contribution in [0.3, 0.4) is 0 Å². The molecule has 14 nitrogen and oxygen atoms in total. The number of anilines is 1. The molecule has 0 radical (unpaired) electrons. The zero-order chi connectivity index (χ0) is 29.5. The van der Waals surface area contributed by atoms with Crippen LogP contribution < -0.4 is 26.3 Å². The third kappa shape index (κ3) is 6.69. The maximum absolute atomic E-state index is 11.5. The molecule has 8 N–H and O–H groups in total. The molecule has 0 aliphatic carbocycles. The normalized spacial score (nSPS) is 11.9. The number of carboxylic acids is 1. The van der Waals surface area contributed by atoms with Crippen LogP contribution in [0, 0.1) is 0 Å². The van der Waals surface area contributed by atoms with E-state index in [1.807, 2.05) is 6.07 Å². The van der Waals surface area contributed by atoms with Crippen molar-refractivity contribution in [3.8, 4) is 28.9 Å². The number of phenols is 1. The second kappa shape index (κ2) is 13.0. The van der Waals surface area contributed by atoms with Crippen LogP contribution in [0.2, 0.25) is 0 Å². The number of aromatic nitrogens is 5. The summed E-state index contributed by atoms with van der Waals surface area (Å²) in [6, 6.07) is 7.52. The lowest BCUT2D eigenvalue weighted by atomic mass is 9.98. The van der Waals surface area contributed by atoms with E-state index in [0.29, 0.717) is 53.0 Å². The van der Waals surface area contributed by atoms with Crippen LogP contribution in [-0.2, 0) is 22.4 Å². The molecular formula is C27H32N8O6. The minimum absolute atomic E-state index is 0.173. The van der Waals surface area contributed by atoms with E-state index in [1.54, 1.807) is 38.7 Å². The summed E-state index contributed by atoms with van der Waals surface area (Å²) in [6.07, 6.45) is 2.28. The number of aromatic hydroxyl groups is 1. The molecule has 216 valence electrons. The molecule has 4 rings (SSSR count). The Morgan fingerprint density at radius 2 is 1.80 bits per heavy atom. The van der Waals surface area contributed by atoms with E-state index < -0.39 is 24.6 Å². The average molecular weight is 565 g/mol. The summed E-state index contributed by atoms with van der Waals surface area (Å²) in [5.74, 6) is 0.643. The first-order valence-electron chi connectivity index (χ1n) is 12.5. The molecule has 2 aromatic heterocycles. The predicted molar refractivity (Wildman–Crippen MR) is 149 cm³/mol. The van der Waals surface area contributed by atoms with E-state index in [0.717, 1.165) is 5.56 Å². The summed E-state index contributed by atoms with van der Waals surface area (Å²) in [5.41, 5.74) is 14.5. The quantitative estimate of drug-likeness (QED) is 0.101. The molecule has 0 saturated heterocycles. The van der Waals surface area contributed by atoms with E-state index in [4.69, 9.17) is 25.7 Å². The van der Waals surface area contributed by atoms with Gasteiger partial charge in [0.05, 0.1) is 33.4 Å². The van der Waals surface area contributed by atoms with E-state index in [-0.39, 0.29) is 17.1 Å². The van der Waals surface area contributed by atoms with E-state index in [1.165, 1.54) is 19.2 Å². The highest BCUT2D eigenvalue weighted by Gasteiger charge is 2.26. The van der Waals surface area contributed by atoms with Crippen molar-refractivity contribution in [3.63, 3.8) is 0 Å². The zero-order valence-electron chi connectivity index (χ0n) is 22.8. The Hall–Kier alpha value is -4.79. The number of nitrogens with zero attached hydrogens (tertiary/aromatic N) is 4. The Morgan fingerprint density at radius 1 is 1.05 bits per heavy atom. The summed E-state index contributed by atoms with van der Waals surface area (Å²) in [4.78, 5) is 24.5. The molecular weight excluding hydrogens is 532 g/mol. The van der Waals surface area contributed by atoms with Crippen molar-refractivity contribution < 1.29 is 29.2 Å². The number of H-pyrrole nitrogens is 1. The smallest absolute Gasteiger partial charge is 0.307 e. The minimum atomic E-state index is -1.11. The minimum Gasteiger partial charge on any atom is -0.508 e. The van der Waals surface area contributed by atoms with Gasteiger partial charge >= 0.3 is 5.97 Å². The van der Waals surface area contributed by atoms with Gasteiger partial charge in [-0.1, -0.05) is 0 Å². The van der Waals surface area contributed by atoms with Gasteiger partial charge in [0.2, 0.25) is 5.82 Å². The van der Waals surface area contributed by atoms with Gasteiger partial charge in [0.15, 0.2) is 23.1 Å². The number of carbonyl (C=O) groups is 1. The number of hydrogen-bond donors (Lipinski definition) is 6. The highest BCUT2D eigenvalue weighted by molar-refractivity contribution is 5.73.